The van der Waals surface area contributed by atoms with Gasteiger partial charge < -0.3 is 10.1 Å². The molecule has 8 heteroatoms. The Hall–Kier alpha value is -0.370. The lowest BCUT2D eigenvalue weighted by Crippen LogP contribution is -2.54. The average Bonchev–Trinajstić information content (AvgIpc) is 2.65. The molecule has 0 aromatic rings. The van der Waals surface area contributed by atoms with Gasteiger partial charge in [0.25, 0.3) is 0 Å². The fraction of sp³-hybridized carbons (Fsp3) is 0.900. The Balaban J connectivity index is 2.07. The molecule has 2 atom stereocenters. The molecule has 0 aromatic carbocycles. The molecule has 0 aromatic heterocycles. The first-order valence-electron chi connectivity index (χ1n) is 5.89. The molecule has 2 saturated heterocycles. The molecule has 2 aliphatic heterocycles. The molecule has 2 rings (SSSR count). The van der Waals surface area contributed by atoms with Crippen molar-refractivity contribution in [3.8, 4) is 0 Å². The van der Waals surface area contributed by atoms with Crippen molar-refractivity contribution >= 4 is 27.3 Å². The van der Waals surface area contributed by atoms with Crippen LogP contribution in [0.4, 0.5) is 0 Å². The topological polar surface area (TPSA) is 75.7 Å². The van der Waals surface area contributed by atoms with E-state index in [1.54, 1.807) is 0 Å². The first kappa shape index (κ1) is 14.0. The van der Waals surface area contributed by atoms with E-state index < -0.39 is 9.84 Å². The number of nitrogens with one attached hydrogen (secondary N) is 1. The molecule has 0 spiro atoms. The Kier molecular flexibility index (Phi) is 4.47. The number of alkyl halides is 1. The number of sulfone groups is 1. The predicted molar refractivity (Wildman–Crippen MR) is 67.5 cm³/mol. The third-order valence-electron chi connectivity index (χ3n) is 3.31. The second-order valence-corrected chi connectivity index (χ2v) is 7.02. The van der Waals surface area contributed by atoms with Crippen LogP contribution in [0.25, 0.3) is 0 Å². The lowest BCUT2D eigenvalue weighted by atomic mass is 10.1. The third-order valence-corrected chi connectivity index (χ3v) is 5.26. The zero-order valence-corrected chi connectivity index (χ0v) is 11.5. The highest BCUT2D eigenvalue weighted by molar-refractivity contribution is 7.91. The zero-order chi connectivity index (χ0) is 13.2. The van der Waals surface area contributed by atoms with Gasteiger partial charge in [-0.15, -0.1) is 11.6 Å². The molecule has 2 aliphatic rings. The van der Waals surface area contributed by atoms with Crippen LogP contribution in [0.5, 0.6) is 0 Å². The third kappa shape index (κ3) is 3.34. The number of rotatable bonds is 3. The minimum absolute atomic E-state index is 0.00233. The Labute approximate surface area is 112 Å². The van der Waals surface area contributed by atoms with E-state index in [1.807, 2.05) is 0 Å². The monoisotopic (exact) mass is 296 g/mol. The molecule has 104 valence electrons. The summed E-state index contributed by atoms with van der Waals surface area (Å²) in [6.45, 7) is 2.61. The smallest absolute Gasteiger partial charge is 0.235 e. The van der Waals surface area contributed by atoms with Crippen LogP contribution in [-0.2, 0) is 19.4 Å². The maximum Gasteiger partial charge on any atom is 0.235 e. The Morgan fingerprint density at radius 2 is 2.00 bits per heavy atom. The molecule has 0 aliphatic carbocycles. The number of halogens is 1. The van der Waals surface area contributed by atoms with Crippen molar-refractivity contribution in [2.45, 2.75) is 12.1 Å². The quantitative estimate of drug-likeness (QED) is 0.665. The van der Waals surface area contributed by atoms with Crippen LogP contribution in [0.15, 0.2) is 0 Å². The maximum atomic E-state index is 11.7. The summed E-state index contributed by atoms with van der Waals surface area (Å²) in [7, 11) is -3.09. The van der Waals surface area contributed by atoms with Crippen LogP contribution in [-0.4, -0.2) is 75.0 Å². The molecule has 2 fully saturated rings. The van der Waals surface area contributed by atoms with Gasteiger partial charge >= 0.3 is 0 Å². The summed E-state index contributed by atoms with van der Waals surface area (Å²) in [5.41, 5.74) is 0. The van der Waals surface area contributed by atoms with Gasteiger partial charge in [0.15, 0.2) is 9.84 Å². The lowest BCUT2D eigenvalue weighted by molar-refractivity contribution is -0.119. The highest BCUT2D eigenvalue weighted by Crippen LogP contribution is 2.19. The minimum atomic E-state index is -3.09. The molecule has 0 bridgehead atoms. The second kappa shape index (κ2) is 5.73. The Morgan fingerprint density at radius 1 is 1.33 bits per heavy atom. The van der Waals surface area contributed by atoms with Crippen LogP contribution in [0.3, 0.4) is 0 Å². The Bertz CT molecular complexity index is 408. The van der Waals surface area contributed by atoms with Gasteiger partial charge in [-0.2, -0.15) is 0 Å². The molecule has 0 saturated carbocycles. The largest absolute Gasteiger partial charge is 0.379 e. The van der Waals surface area contributed by atoms with Crippen LogP contribution >= 0.6 is 11.6 Å². The normalized spacial score (nSPS) is 32.3. The minimum Gasteiger partial charge on any atom is -0.379 e. The van der Waals surface area contributed by atoms with E-state index in [1.165, 1.54) is 0 Å². The first-order valence-corrected chi connectivity index (χ1v) is 8.25. The number of ether oxygens (including phenoxy) is 1. The molecule has 1 amide bonds. The molecule has 18 heavy (non-hydrogen) atoms. The summed E-state index contributed by atoms with van der Waals surface area (Å²) in [6, 6.07) is -0.523. The van der Waals surface area contributed by atoms with Gasteiger partial charge in [-0.05, 0) is 0 Å². The maximum absolute atomic E-state index is 11.7. The average molecular weight is 297 g/mol. The van der Waals surface area contributed by atoms with Gasteiger partial charge in [-0.1, -0.05) is 0 Å². The lowest BCUT2D eigenvalue weighted by Gasteiger charge is -2.34. The molecule has 1 N–H and O–H groups in total. The van der Waals surface area contributed by atoms with Crippen molar-refractivity contribution in [3.05, 3.63) is 0 Å². The van der Waals surface area contributed by atoms with E-state index in [4.69, 9.17) is 16.3 Å². The van der Waals surface area contributed by atoms with Crippen molar-refractivity contribution in [2.75, 3.05) is 43.7 Å². The number of carbonyl (C=O) groups is 1. The summed E-state index contributed by atoms with van der Waals surface area (Å²) in [5, 5.41) is 2.70. The van der Waals surface area contributed by atoms with E-state index in [2.05, 4.69) is 10.2 Å². The van der Waals surface area contributed by atoms with Gasteiger partial charge in [0.2, 0.25) is 5.91 Å². The van der Waals surface area contributed by atoms with Crippen LogP contribution in [0.2, 0.25) is 0 Å². The SMILES string of the molecule is O=C(CCl)N[C@H]1CS(=O)(=O)C[C@@H]1N1CCOCC1. The van der Waals surface area contributed by atoms with Crippen molar-refractivity contribution in [1.29, 1.82) is 0 Å². The highest BCUT2D eigenvalue weighted by atomic mass is 35.5. The zero-order valence-electron chi connectivity index (χ0n) is 9.97. The van der Waals surface area contributed by atoms with Gasteiger partial charge in [-0.3, -0.25) is 9.69 Å². The van der Waals surface area contributed by atoms with Crippen molar-refractivity contribution in [2.24, 2.45) is 0 Å². The van der Waals surface area contributed by atoms with E-state index in [9.17, 15) is 13.2 Å². The predicted octanol–water partition coefficient (Wildman–Crippen LogP) is -1.16. The van der Waals surface area contributed by atoms with Gasteiger partial charge in [-0.25, -0.2) is 8.42 Å². The molecular formula is C10H17ClN2O4S. The number of hydrogen-bond donors (Lipinski definition) is 1. The van der Waals surface area contributed by atoms with Crippen LogP contribution < -0.4 is 5.32 Å². The molecule has 6 nitrogen and oxygen atoms in total. The molecule has 0 unspecified atom stereocenters. The summed E-state index contributed by atoms with van der Waals surface area (Å²) >= 11 is 5.44. The standard InChI is InChI=1S/C10H17ClN2O4S/c11-5-10(14)12-8-6-18(15,16)7-9(8)13-1-3-17-4-2-13/h8-9H,1-7H2,(H,12,14)/t8-,9-/m0/s1. The second-order valence-electron chi connectivity index (χ2n) is 4.60. The van der Waals surface area contributed by atoms with E-state index in [0.29, 0.717) is 26.3 Å². The van der Waals surface area contributed by atoms with Crippen molar-refractivity contribution in [3.63, 3.8) is 0 Å². The fourth-order valence-electron chi connectivity index (χ4n) is 2.48. The van der Waals surface area contributed by atoms with E-state index in [0.717, 1.165) is 0 Å². The summed E-state index contributed by atoms with van der Waals surface area (Å²) in [6.07, 6.45) is 0. The first-order chi connectivity index (χ1) is 8.52. The number of carbonyl (C=O) groups excluding carboxylic acids is 1. The van der Waals surface area contributed by atoms with Gasteiger partial charge in [0, 0.05) is 19.1 Å². The van der Waals surface area contributed by atoms with Gasteiger partial charge in [0.05, 0.1) is 30.8 Å². The number of nitrogens with zero attached hydrogens (tertiary/aromatic N) is 1. The van der Waals surface area contributed by atoms with Gasteiger partial charge in [0.1, 0.15) is 5.88 Å². The fourth-order valence-corrected chi connectivity index (χ4v) is 4.51. The molecule has 2 heterocycles. The number of amides is 1. The number of hydrogen-bond acceptors (Lipinski definition) is 5. The van der Waals surface area contributed by atoms with E-state index >= 15 is 0 Å². The highest BCUT2D eigenvalue weighted by Gasteiger charge is 2.41. The van der Waals surface area contributed by atoms with Crippen LogP contribution in [0.1, 0.15) is 0 Å². The van der Waals surface area contributed by atoms with Crippen molar-refractivity contribution < 1.29 is 17.9 Å². The van der Waals surface area contributed by atoms with E-state index in [-0.39, 0.29) is 35.4 Å². The molecule has 0 radical (unpaired) electrons. The number of morpholine rings is 1. The summed E-state index contributed by atoms with van der Waals surface area (Å²) in [4.78, 5) is 13.4. The van der Waals surface area contributed by atoms with Crippen LogP contribution in [0, 0.1) is 0 Å². The van der Waals surface area contributed by atoms with Crippen molar-refractivity contribution in [1.82, 2.24) is 10.2 Å². The summed E-state index contributed by atoms with van der Waals surface area (Å²) in [5.74, 6) is -0.374. The summed E-state index contributed by atoms with van der Waals surface area (Å²) < 4.78 is 28.7. The Morgan fingerprint density at radius 3 is 2.61 bits per heavy atom. The molecular weight excluding hydrogens is 280 g/mol.